The normalized spacial score (nSPS) is 11.0. The highest BCUT2D eigenvalue weighted by Gasteiger charge is 2.12. The van der Waals surface area contributed by atoms with Gasteiger partial charge in [0.05, 0.1) is 0 Å². The maximum Gasteiger partial charge on any atom is 0.164 e. The predicted molar refractivity (Wildman–Crippen MR) is 167 cm³/mol. The van der Waals surface area contributed by atoms with Gasteiger partial charge in [-0.2, -0.15) is 0 Å². The zero-order chi connectivity index (χ0) is 27.6. The Morgan fingerprint density at radius 1 is 0.366 bits per heavy atom. The third kappa shape index (κ3) is 4.88. The van der Waals surface area contributed by atoms with Gasteiger partial charge in [-0.25, -0.2) is 15.0 Å². The van der Waals surface area contributed by atoms with Crippen LogP contribution in [-0.2, 0) is 0 Å². The van der Waals surface area contributed by atoms with Gasteiger partial charge in [0.1, 0.15) is 0 Å². The summed E-state index contributed by atoms with van der Waals surface area (Å²) in [5, 5.41) is 2.41. The van der Waals surface area contributed by atoms with Crippen LogP contribution in [0.2, 0.25) is 0 Å². The Kier molecular flexibility index (Phi) is 6.34. The monoisotopic (exact) mass is 526 g/mol. The third-order valence-corrected chi connectivity index (χ3v) is 7.38. The van der Waals surface area contributed by atoms with Crippen molar-refractivity contribution in [3.8, 4) is 56.4 Å². The number of hydrogen-bond donors (Lipinski definition) is 0. The number of hydrogen-bond acceptors (Lipinski definition) is 4. The van der Waals surface area contributed by atoms with Gasteiger partial charge in [0, 0.05) is 34.0 Å². The van der Waals surface area contributed by atoms with Crippen LogP contribution in [0.3, 0.4) is 0 Å². The lowest BCUT2D eigenvalue weighted by Gasteiger charge is -2.10. The maximum absolute atomic E-state index is 4.85. The molecule has 0 saturated carbocycles. The topological polar surface area (TPSA) is 51.6 Å². The molecule has 7 rings (SSSR count). The highest BCUT2D eigenvalue weighted by molar-refractivity contribution is 5.97. The van der Waals surface area contributed by atoms with E-state index in [1.807, 2.05) is 66.9 Å². The molecule has 0 fully saturated rings. The first-order valence-corrected chi connectivity index (χ1v) is 13.7. The molecule has 0 aliphatic heterocycles. The number of benzene rings is 5. The molecule has 4 heteroatoms. The quantitative estimate of drug-likeness (QED) is 0.224. The van der Waals surface area contributed by atoms with Crippen LogP contribution in [0.15, 0.2) is 140 Å². The Labute approximate surface area is 239 Å². The second-order valence-electron chi connectivity index (χ2n) is 9.99. The summed E-state index contributed by atoms with van der Waals surface area (Å²) in [6.45, 7) is 2.06. The predicted octanol–water partition coefficient (Wildman–Crippen LogP) is 9.06. The number of rotatable bonds is 5. The molecule has 0 saturated heterocycles. The summed E-state index contributed by atoms with van der Waals surface area (Å²) < 4.78 is 0. The van der Waals surface area contributed by atoms with E-state index in [0.717, 1.165) is 33.5 Å². The minimum Gasteiger partial charge on any atom is -0.261 e. The molecule has 0 bridgehead atoms. The molecule has 2 aromatic heterocycles. The number of aromatic nitrogens is 4. The van der Waals surface area contributed by atoms with Gasteiger partial charge in [0.2, 0.25) is 0 Å². The first-order valence-electron chi connectivity index (χ1n) is 13.7. The van der Waals surface area contributed by atoms with Crippen molar-refractivity contribution in [1.29, 1.82) is 0 Å². The van der Waals surface area contributed by atoms with Gasteiger partial charge < -0.3 is 0 Å². The summed E-state index contributed by atoms with van der Waals surface area (Å²) in [6.07, 6.45) is 1.88. The van der Waals surface area contributed by atoms with Gasteiger partial charge in [-0.15, -0.1) is 0 Å². The summed E-state index contributed by atoms with van der Waals surface area (Å²) >= 11 is 0. The molecule has 7 aromatic rings. The van der Waals surface area contributed by atoms with Crippen LogP contribution in [0.25, 0.3) is 67.2 Å². The molecule has 194 valence electrons. The third-order valence-electron chi connectivity index (χ3n) is 7.38. The van der Waals surface area contributed by atoms with Crippen molar-refractivity contribution in [1.82, 2.24) is 19.9 Å². The van der Waals surface area contributed by atoms with Crippen LogP contribution >= 0.6 is 0 Å². The lowest BCUT2D eigenvalue weighted by molar-refractivity contribution is 1.07. The highest BCUT2D eigenvalue weighted by Crippen LogP contribution is 2.32. The molecule has 0 amide bonds. The number of pyridine rings is 1. The summed E-state index contributed by atoms with van der Waals surface area (Å²) in [6, 6.07) is 45.8. The highest BCUT2D eigenvalue weighted by atomic mass is 15.0. The fraction of sp³-hybridized carbons (Fsp3) is 0.0270. The van der Waals surface area contributed by atoms with Crippen LogP contribution in [0.1, 0.15) is 5.69 Å². The van der Waals surface area contributed by atoms with Crippen molar-refractivity contribution in [2.75, 3.05) is 0 Å². The molecule has 2 heterocycles. The number of nitrogens with zero attached hydrogens (tertiary/aromatic N) is 4. The minimum atomic E-state index is 0.653. The van der Waals surface area contributed by atoms with Crippen molar-refractivity contribution < 1.29 is 0 Å². The second-order valence-corrected chi connectivity index (χ2v) is 9.99. The van der Waals surface area contributed by atoms with E-state index >= 15 is 0 Å². The summed E-state index contributed by atoms with van der Waals surface area (Å²) in [4.78, 5) is 19.0. The van der Waals surface area contributed by atoms with Crippen molar-refractivity contribution in [3.63, 3.8) is 0 Å². The first-order chi connectivity index (χ1) is 20.2. The van der Waals surface area contributed by atoms with E-state index in [0.29, 0.717) is 17.5 Å². The summed E-state index contributed by atoms with van der Waals surface area (Å²) in [5.41, 5.74) is 8.61. The van der Waals surface area contributed by atoms with Crippen molar-refractivity contribution in [2.45, 2.75) is 6.92 Å². The van der Waals surface area contributed by atoms with Crippen LogP contribution in [0.5, 0.6) is 0 Å². The van der Waals surface area contributed by atoms with Crippen LogP contribution < -0.4 is 0 Å². The second kappa shape index (κ2) is 10.6. The number of fused-ring (bicyclic) bond motifs is 1. The van der Waals surface area contributed by atoms with E-state index in [9.17, 15) is 0 Å². The standard InChI is InChI=1S/C37H26N4/c1-25-32-13-8-14-33(34(32)23-24-38-25)28-19-15-26(16-20-28)27-17-21-31(22-18-27)37-40-35(29-9-4-2-5-10-29)39-36(41-37)30-11-6-3-7-12-30/h2-24H,1H3. The maximum atomic E-state index is 4.85. The summed E-state index contributed by atoms with van der Waals surface area (Å²) in [5.74, 6) is 1.97. The van der Waals surface area contributed by atoms with Gasteiger partial charge >= 0.3 is 0 Å². The fourth-order valence-corrected chi connectivity index (χ4v) is 5.20. The molecular weight excluding hydrogens is 500 g/mol. The van der Waals surface area contributed by atoms with Gasteiger partial charge in [-0.1, -0.05) is 127 Å². The van der Waals surface area contributed by atoms with Crippen LogP contribution in [0, 0.1) is 6.92 Å². The molecule has 0 radical (unpaired) electrons. The molecule has 0 aliphatic rings. The zero-order valence-electron chi connectivity index (χ0n) is 22.6. The largest absolute Gasteiger partial charge is 0.261 e. The van der Waals surface area contributed by atoms with Gasteiger partial charge in [0.25, 0.3) is 0 Å². The van der Waals surface area contributed by atoms with Crippen molar-refractivity contribution in [2.24, 2.45) is 0 Å². The molecule has 0 N–H and O–H groups in total. The molecule has 0 aliphatic carbocycles. The molecule has 0 unspecified atom stereocenters. The average molecular weight is 527 g/mol. The Morgan fingerprint density at radius 3 is 1.37 bits per heavy atom. The van der Waals surface area contributed by atoms with E-state index in [1.165, 1.54) is 21.9 Å². The van der Waals surface area contributed by atoms with E-state index in [2.05, 4.69) is 84.7 Å². The van der Waals surface area contributed by atoms with E-state index in [4.69, 9.17) is 15.0 Å². The van der Waals surface area contributed by atoms with Crippen molar-refractivity contribution >= 4 is 10.8 Å². The van der Waals surface area contributed by atoms with E-state index in [1.54, 1.807) is 0 Å². The van der Waals surface area contributed by atoms with Gasteiger partial charge in [-0.05, 0) is 40.6 Å². The van der Waals surface area contributed by atoms with Gasteiger partial charge in [-0.3, -0.25) is 4.98 Å². The Hall–Kier alpha value is -5.48. The molecule has 5 aromatic carbocycles. The zero-order valence-corrected chi connectivity index (χ0v) is 22.6. The summed E-state index contributed by atoms with van der Waals surface area (Å²) in [7, 11) is 0. The smallest absolute Gasteiger partial charge is 0.164 e. The van der Waals surface area contributed by atoms with Crippen LogP contribution in [0.4, 0.5) is 0 Å². The molecule has 0 spiro atoms. The fourth-order valence-electron chi connectivity index (χ4n) is 5.20. The Balaban J connectivity index is 1.22. The van der Waals surface area contributed by atoms with Crippen LogP contribution in [-0.4, -0.2) is 19.9 Å². The molecule has 0 atom stereocenters. The van der Waals surface area contributed by atoms with Gasteiger partial charge in [0.15, 0.2) is 17.5 Å². The Morgan fingerprint density at radius 2 is 0.829 bits per heavy atom. The number of aryl methyl sites for hydroxylation is 1. The molecule has 41 heavy (non-hydrogen) atoms. The van der Waals surface area contributed by atoms with Crippen molar-refractivity contribution in [3.05, 3.63) is 145 Å². The Bertz CT molecular complexity index is 1910. The average Bonchev–Trinajstić information content (AvgIpc) is 3.05. The van der Waals surface area contributed by atoms with E-state index < -0.39 is 0 Å². The lowest BCUT2D eigenvalue weighted by Crippen LogP contribution is -2.00. The molecule has 4 nitrogen and oxygen atoms in total. The molecular formula is C37H26N4. The van der Waals surface area contributed by atoms with E-state index in [-0.39, 0.29) is 0 Å². The first kappa shape index (κ1) is 24.6. The lowest BCUT2D eigenvalue weighted by atomic mass is 9.96. The SMILES string of the molecule is Cc1nccc2c(-c3ccc(-c4ccc(-c5nc(-c6ccccc6)nc(-c6ccccc6)n5)cc4)cc3)cccc12. The minimum absolute atomic E-state index is 0.653.